The van der Waals surface area contributed by atoms with Crippen LogP contribution in [0.5, 0.6) is 0 Å². The molecule has 2 aliphatic heterocycles. The van der Waals surface area contributed by atoms with E-state index >= 15 is 0 Å². The van der Waals surface area contributed by atoms with Gasteiger partial charge in [0.05, 0.1) is 24.8 Å². The number of nitrogens with one attached hydrogen (secondary N) is 2. The van der Waals surface area contributed by atoms with E-state index in [1.165, 1.54) is 6.42 Å². The monoisotopic (exact) mass is 439 g/mol. The summed E-state index contributed by atoms with van der Waals surface area (Å²) in [7, 11) is 2.10. The molecule has 2 N–H and O–H groups in total. The Morgan fingerprint density at radius 1 is 1.10 bits per heavy atom. The van der Waals surface area contributed by atoms with E-state index in [0.717, 1.165) is 32.4 Å². The number of rotatable bonds is 3. The Kier molecular flexibility index (Phi) is 5.47. The molecule has 0 aromatic carbocycles. The predicted octanol–water partition coefficient (Wildman–Crippen LogP) is 2.69. The number of hydrazine groups is 1. The van der Waals surface area contributed by atoms with Crippen molar-refractivity contribution >= 4 is 5.91 Å². The molecule has 31 heavy (non-hydrogen) atoms. The van der Waals surface area contributed by atoms with Crippen molar-refractivity contribution in [2.45, 2.75) is 63.3 Å². The molecule has 0 radical (unpaired) electrons. The number of alkyl halides is 3. The molecule has 9 heteroatoms. The molecule has 3 saturated carbocycles. The van der Waals surface area contributed by atoms with Crippen LogP contribution in [-0.4, -0.2) is 54.4 Å². The third-order valence-electron chi connectivity index (χ3n) is 8.80. The van der Waals surface area contributed by atoms with E-state index in [-0.39, 0.29) is 31.3 Å². The van der Waals surface area contributed by atoms with Crippen molar-refractivity contribution in [1.82, 2.24) is 20.7 Å². The minimum absolute atomic E-state index is 0.0555. The fraction of sp³-hybridized carbons (Fsp3) is 0.909. The summed E-state index contributed by atoms with van der Waals surface area (Å²) in [4.78, 5) is 17.3. The van der Waals surface area contributed by atoms with Gasteiger partial charge < -0.3 is 4.90 Å². The number of nitrogens with zero attached hydrogens (tertiary/aromatic N) is 3. The van der Waals surface area contributed by atoms with Gasteiger partial charge >= 0.3 is 6.18 Å². The van der Waals surface area contributed by atoms with Crippen molar-refractivity contribution in [2.24, 2.45) is 41.4 Å². The second kappa shape index (κ2) is 7.89. The van der Waals surface area contributed by atoms with Gasteiger partial charge in [0, 0.05) is 24.4 Å². The zero-order valence-electron chi connectivity index (χ0n) is 17.9. The lowest BCUT2D eigenvalue weighted by atomic mass is 9.69. The Hall–Kier alpha value is -1.37. The summed E-state index contributed by atoms with van der Waals surface area (Å²) in [6, 6.07) is 2.07. The Morgan fingerprint density at radius 2 is 1.90 bits per heavy atom. The van der Waals surface area contributed by atoms with Gasteiger partial charge in [0.15, 0.2) is 0 Å². The van der Waals surface area contributed by atoms with Crippen molar-refractivity contribution in [3.63, 3.8) is 0 Å². The molecule has 172 valence electrons. The summed E-state index contributed by atoms with van der Waals surface area (Å²) in [6.45, 7) is 1.05. The van der Waals surface area contributed by atoms with Gasteiger partial charge in [-0.25, -0.2) is 10.9 Å². The van der Waals surface area contributed by atoms with Crippen LogP contribution in [0.4, 0.5) is 13.2 Å². The molecule has 0 aromatic heterocycles. The lowest BCUT2D eigenvalue weighted by Gasteiger charge is -2.37. The molecule has 2 saturated heterocycles. The van der Waals surface area contributed by atoms with Crippen LogP contribution < -0.4 is 10.9 Å². The quantitative estimate of drug-likeness (QED) is 0.708. The first-order valence-corrected chi connectivity index (χ1v) is 11.7. The van der Waals surface area contributed by atoms with Crippen LogP contribution in [0.1, 0.15) is 44.9 Å². The van der Waals surface area contributed by atoms with Gasteiger partial charge in [-0.05, 0) is 62.8 Å². The van der Waals surface area contributed by atoms with E-state index in [2.05, 4.69) is 22.8 Å². The molecule has 5 aliphatic rings. The van der Waals surface area contributed by atoms with Crippen LogP contribution in [0.25, 0.3) is 0 Å². The van der Waals surface area contributed by atoms with Crippen molar-refractivity contribution in [3.05, 3.63) is 0 Å². The fourth-order valence-corrected chi connectivity index (χ4v) is 7.15. The maximum absolute atomic E-state index is 13.7. The van der Waals surface area contributed by atoms with Crippen molar-refractivity contribution in [2.75, 3.05) is 20.3 Å². The van der Waals surface area contributed by atoms with Gasteiger partial charge in [0.25, 0.3) is 0 Å². The lowest BCUT2D eigenvalue weighted by Crippen LogP contribution is -2.42. The number of hydrogen-bond donors (Lipinski definition) is 2. The van der Waals surface area contributed by atoms with E-state index < -0.39 is 29.8 Å². The molecule has 0 bridgehead atoms. The third-order valence-corrected chi connectivity index (χ3v) is 8.80. The summed E-state index contributed by atoms with van der Waals surface area (Å²) < 4.78 is 41.2. The SMILES string of the molecule is CN1CNNC1[C@@H]1C[C@@H]1C1CCCC(N2CC3C(CC(C#N)CC3C(F)(F)F)C2=O)C1. The number of carbonyl (C=O) groups is 1. The molecule has 2 heterocycles. The molecular weight excluding hydrogens is 407 g/mol. The number of nitriles is 1. The van der Waals surface area contributed by atoms with Crippen molar-refractivity contribution < 1.29 is 18.0 Å². The largest absolute Gasteiger partial charge is 0.392 e. The molecular formula is C22H32F3N5O. The summed E-state index contributed by atoms with van der Waals surface area (Å²) >= 11 is 0. The number of fused-ring (bicyclic) bond motifs is 1. The molecule has 1 amide bonds. The Balaban J connectivity index is 1.26. The van der Waals surface area contributed by atoms with E-state index in [0.29, 0.717) is 23.9 Å². The minimum Gasteiger partial charge on any atom is -0.339 e. The van der Waals surface area contributed by atoms with Crippen LogP contribution in [0, 0.1) is 52.8 Å². The second-order valence-electron chi connectivity index (χ2n) is 10.5. The number of carbonyl (C=O) groups excluding carboxylic acids is 1. The molecule has 3 aliphatic carbocycles. The standard InChI is InChI=1S/C22H32F3N5O/c1-29-11-27-28-20(29)16-8-15(16)13-3-2-4-14(7-13)30-10-18-17(21(30)31)5-12(9-26)6-19(18)22(23,24)25/h12-20,27-28H,2-8,10-11H2,1H3/t12?,13?,14?,15-,16-,17?,18?,19?,20?/m1/s1. The molecule has 0 aromatic rings. The first-order chi connectivity index (χ1) is 14.8. The molecule has 7 unspecified atom stereocenters. The Bertz CT molecular complexity index is 754. The van der Waals surface area contributed by atoms with E-state index in [9.17, 15) is 23.2 Å². The highest BCUT2D eigenvalue weighted by atomic mass is 19.4. The van der Waals surface area contributed by atoms with Crippen LogP contribution in [0.2, 0.25) is 0 Å². The van der Waals surface area contributed by atoms with Crippen LogP contribution in [0.15, 0.2) is 0 Å². The van der Waals surface area contributed by atoms with Gasteiger partial charge in [-0.1, -0.05) is 12.8 Å². The summed E-state index contributed by atoms with van der Waals surface area (Å²) in [5, 5.41) is 9.28. The van der Waals surface area contributed by atoms with Gasteiger partial charge in [-0.3, -0.25) is 9.69 Å². The summed E-state index contributed by atoms with van der Waals surface area (Å²) in [5.41, 5.74) is 6.54. The van der Waals surface area contributed by atoms with Gasteiger partial charge in [0.1, 0.15) is 0 Å². The minimum atomic E-state index is -4.35. The van der Waals surface area contributed by atoms with Crippen LogP contribution >= 0.6 is 0 Å². The van der Waals surface area contributed by atoms with E-state index in [1.807, 2.05) is 6.07 Å². The Labute approximate surface area is 181 Å². The van der Waals surface area contributed by atoms with Crippen molar-refractivity contribution in [1.29, 1.82) is 5.26 Å². The fourth-order valence-electron chi connectivity index (χ4n) is 7.15. The topological polar surface area (TPSA) is 71.4 Å². The zero-order chi connectivity index (χ0) is 21.9. The predicted molar refractivity (Wildman–Crippen MR) is 107 cm³/mol. The van der Waals surface area contributed by atoms with Gasteiger partial charge in [-0.2, -0.15) is 18.4 Å². The molecule has 6 nitrogen and oxygen atoms in total. The van der Waals surface area contributed by atoms with E-state index in [4.69, 9.17) is 0 Å². The highest BCUT2D eigenvalue weighted by Crippen LogP contribution is 2.54. The average molecular weight is 440 g/mol. The summed E-state index contributed by atoms with van der Waals surface area (Å²) in [5.74, 6) is -1.88. The zero-order valence-corrected chi connectivity index (χ0v) is 17.9. The average Bonchev–Trinajstić information content (AvgIpc) is 3.31. The summed E-state index contributed by atoms with van der Waals surface area (Å²) in [6.07, 6.45) is 1.30. The number of halogens is 3. The number of hydrogen-bond acceptors (Lipinski definition) is 5. The lowest BCUT2D eigenvalue weighted by molar-refractivity contribution is -0.201. The van der Waals surface area contributed by atoms with Crippen molar-refractivity contribution in [3.8, 4) is 6.07 Å². The first kappa shape index (κ1) is 21.5. The maximum Gasteiger partial charge on any atom is 0.392 e. The van der Waals surface area contributed by atoms with Gasteiger partial charge in [-0.15, -0.1) is 0 Å². The molecule has 0 spiro atoms. The van der Waals surface area contributed by atoms with E-state index in [1.54, 1.807) is 4.90 Å². The third kappa shape index (κ3) is 3.85. The highest BCUT2D eigenvalue weighted by molar-refractivity contribution is 5.82. The Morgan fingerprint density at radius 3 is 2.58 bits per heavy atom. The molecule has 5 fully saturated rings. The second-order valence-corrected chi connectivity index (χ2v) is 10.5. The maximum atomic E-state index is 13.7. The first-order valence-electron chi connectivity index (χ1n) is 11.7. The number of amides is 1. The van der Waals surface area contributed by atoms with Crippen LogP contribution in [-0.2, 0) is 4.79 Å². The van der Waals surface area contributed by atoms with Gasteiger partial charge in [0.2, 0.25) is 5.91 Å². The molecule has 5 rings (SSSR count). The number of likely N-dealkylation sites (tertiary alicyclic amines) is 1. The molecule has 9 atom stereocenters. The van der Waals surface area contributed by atoms with Crippen LogP contribution in [0.3, 0.4) is 0 Å². The normalized spacial score (nSPS) is 46.1. The highest BCUT2D eigenvalue weighted by Gasteiger charge is 2.58. The smallest absolute Gasteiger partial charge is 0.339 e.